The molecular weight excluding hydrogens is 299 g/mol. The van der Waals surface area contributed by atoms with Crippen molar-refractivity contribution in [1.29, 1.82) is 0 Å². The highest BCUT2D eigenvalue weighted by atomic mass is 35.5. The molecule has 0 amide bonds. The molecule has 0 atom stereocenters. The van der Waals surface area contributed by atoms with Gasteiger partial charge in [-0.3, -0.25) is 0 Å². The lowest BCUT2D eigenvalue weighted by molar-refractivity contribution is 0.0807. The van der Waals surface area contributed by atoms with Crippen molar-refractivity contribution in [3.63, 3.8) is 0 Å². The quantitative estimate of drug-likeness (QED) is 0.690. The zero-order chi connectivity index (χ0) is 15.0. The van der Waals surface area contributed by atoms with E-state index in [2.05, 4.69) is 31.1 Å². The second-order valence-corrected chi connectivity index (χ2v) is 5.66. The van der Waals surface area contributed by atoms with Gasteiger partial charge in [0.1, 0.15) is 17.4 Å². The predicted molar refractivity (Wildman–Crippen MR) is 84.2 cm³/mol. The van der Waals surface area contributed by atoms with Crippen LogP contribution in [0.3, 0.4) is 0 Å². The molecule has 0 aliphatic carbocycles. The van der Waals surface area contributed by atoms with Crippen LogP contribution in [0.25, 0.3) is 0 Å². The van der Waals surface area contributed by atoms with Gasteiger partial charge in [-0.2, -0.15) is 4.98 Å². The number of nitrogens with one attached hydrogen (secondary N) is 1. The first-order valence-corrected chi connectivity index (χ1v) is 7.60. The third-order valence-electron chi connectivity index (χ3n) is 2.36. The van der Waals surface area contributed by atoms with Crippen molar-refractivity contribution in [2.45, 2.75) is 27.2 Å². The number of halogens is 2. The second-order valence-electron chi connectivity index (χ2n) is 4.85. The van der Waals surface area contributed by atoms with Crippen LogP contribution in [-0.2, 0) is 4.74 Å². The fourth-order valence-corrected chi connectivity index (χ4v) is 1.91. The van der Waals surface area contributed by atoms with Crippen LogP contribution in [0, 0.1) is 5.92 Å². The summed E-state index contributed by atoms with van der Waals surface area (Å²) in [5, 5.41) is 4.03. The zero-order valence-electron chi connectivity index (χ0n) is 12.2. The van der Waals surface area contributed by atoms with E-state index >= 15 is 0 Å². The Morgan fingerprint density at radius 1 is 1.25 bits per heavy atom. The number of hydrogen-bond donors (Lipinski definition) is 1. The molecule has 0 aliphatic rings. The van der Waals surface area contributed by atoms with E-state index < -0.39 is 0 Å². The van der Waals surface area contributed by atoms with Crippen molar-refractivity contribution in [1.82, 2.24) is 4.98 Å². The van der Waals surface area contributed by atoms with Crippen LogP contribution in [-0.4, -0.2) is 31.3 Å². The van der Waals surface area contributed by atoms with Gasteiger partial charge in [-0.25, -0.2) is 0 Å². The van der Waals surface area contributed by atoms with E-state index in [-0.39, 0.29) is 0 Å². The topological polar surface area (TPSA) is 43.4 Å². The molecule has 0 saturated heterocycles. The molecule has 1 rings (SSSR count). The minimum atomic E-state index is 0.378. The van der Waals surface area contributed by atoms with Gasteiger partial charge in [-0.05, 0) is 18.4 Å². The molecular formula is C14H22Cl2N2O2. The van der Waals surface area contributed by atoms with Crippen molar-refractivity contribution in [3.8, 4) is 5.88 Å². The highest BCUT2D eigenvalue weighted by Crippen LogP contribution is 2.30. The Balaban J connectivity index is 2.51. The number of hydrogen-bond acceptors (Lipinski definition) is 4. The maximum Gasteiger partial charge on any atom is 0.234 e. The summed E-state index contributed by atoms with van der Waals surface area (Å²) in [5.41, 5.74) is 0. The molecule has 0 bridgehead atoms. The van der Waals surface area contributed by atoms with Gasteiger partial charge < -0.3 is 14.8 Å². The molecule has 4 nitrogen and oxygen atoms in total. The van der Waals surface area contributed by atoms with E-state index in [1.807, 2.05) is 0 Å². The van der Waals surface area contributed by atoms with Crippen molar-refractivity contribution >= 4 is 29.0 Å². The van der Waals surface area contributed by atoms with Gasteiger partial charge in [-0.15, -0.1) is 0 Å². The Morgan fingerprint density at radius 2 is 2.00 bits per heavy atom. The molecule has 0 unspecified atom stereocenters. The van der Waals surface area contributed by atoms with Crippen molar-refractivity contribution < 1.29 is 9.47 Å². The zero-order valence-corrected chi connectivity index (χ0v) is 13.7. The van der Waals surface area contributed by atoms with E-state index in [9.17, 15) is 0 Å². The van der Waals surface area contributed by atoms with Crippen LogP contribution in [0.5, 0.6) is 5.88 Å². The molecule has 0 spiro atoms. The number of anilines is 1. The highest BCUT2D eigenvalue weighted by Gasteiger charge is 2.10. The van der Waals surface area contributed by atoms with Gasteiger partial charge in [0.05, 0.1) is 11.6 Å². The normalized spacial score (nSPS) is 10.9. The predicted octanol–water partition coefficient (Wildman–Crippen LogP) is 4.26. The van der Waals surface area contributed by atoms with Gasteiger partial charge in [0, 0.05) is 13.2 Å². The van der Waals surface area contributed by atoms with Crippen molar-refractivity contribution in [2.75, 3.05) is 31.7 Å². The van der Waals surface area contributed by atoms with E-state index in [1.165, 1.54) is 0 Å². The lowest BCUT2D eigenvalue weighted by Crippen LogP contribution is -2.11. The molecule has 0 radical (unpaired) electrons. The molecule has 0 aromatic carbocycles. The van der Waals surface area contributed by atoms with Crippen molar-refractivity contribution in [3.05, 3.63) is 16.1 Å². The lowest BCUT2D eigenvalue weighted by atomic mass is 10.2. The van der Waals surface area contributed by atoms with Crippen LogP contribution >= 0.6 is 23.2 Å². The summed E-state index contributed by atoms with van der Waals surface area (Å²) in [7, 11) is 0. The van der Waals surface area contributed by atoms with E-state index in [1.54, 1.807) is 6.07 Å². The summed E-state index contributed by atoms with van der Waals surface area (Å²) in [6.45, 7) is 8.71. The first-order valence-electron chi connectivity index (χ1n) is 6.85. The fraction of sp³-hybridized carbons (Fsp3) is 0.643. The molecule has 0 aliphatic heterocycles. The summed E-state index contributed by atoms with van der Waals surface area (Å²) in [6, 6.07) is 1.64. The number of aromatic nitrogens is 1. The Morgan fingerprint density at radius 3 is 2.65 bits per heavy atom. The van der Waals surface area contributed by atoms with Crippen LogP contribution in [0.15, 0.2) is 6.07 Å². The monoisotopic (exact) mass is 320 g/mol. The molecule has 1 heterocycles. The minimum Gasteiger partial charge on any atom is -0.474 e. The van der Waals surface area contributed by atoms with Crippen LogP contribution in [0.4, 0.5) is 5.82 Å². The highest BCUT2D eigenvalue weighted by molar-refractivity contribution is 6.36. The number of pyridine rings is 1. The summed E-state index contributed by atoms with van der Waals surface area (Å²) in [4.78, 5) is 4.29. The molecule has 1 aromatic rings. The minimum absolute atomic E-state index is 0.378. The smallest absolute Gasteiger partial charge is 0.234 e. The van der Waals surface area contributed by atoms with Gasteiger partial charge in [0.2, 0.25) is 5.88 Å². The Kier molecular flexibility index (Phi) is 8.04. The van der Waals surface area contributed by atoms with E-state index in [0.717, 1.165) is 13.0 Å². The molecule has 6 heteroatoms. The molecule has 114 valence electrons. The molecule has 0 saturated carbocycles. The number of rotatable bonds is 9. The average Bonchev–Trinajstić information content (AvgIpc) is 2.39. The molecule has 20 heavy (non-hydrogen) atoms. The van der Waals surface area contributed by atoms with Gasteiger partial charge in [-0.1, -0.05) is 44.0 Å². The van der Waals surface area contributed by atoms with Crippen molar-refractivity contribution in [2.24, 2.45) is 5.92 Å². The largest absolute Gasteiger partial charge is 0.474 e. The lowest BCUT2D eigenvalue weighted by Gasteiger charge is -2.12. The number of nitrogens with zero attached hydrogens (tertiary/aromatic N) is 1. The molecule has 1 aromatic heterocycles. The fourth-order valence-electron chi connectivity index (χ4n) is 1.43. The standard InChI is InChI=1S/C14H22Cl2N2O2/c1-4-5-17-13-11(15)8-12(16)14(18-13)20-7-6-19-9-10(2)3/h8,10H,4-7,9H2,1-3H3,(H,17,18). The SMILES string of the molecule is CCCNc1nc(OCCOCC(C)C)c(Cl)cc1Cl. The molecule has 0 fully saturated rings. The first-order chi connectivity index (χ1) is 9.54. The Bertz CT molecular complexity index is 414. The number of ether oxygens (including phenoxy) is 2. The Hall–Kier alpha value is -0.710. The maximum atomic E-state index is 6.07. The van der Waals surface area contributed by atoms with Crippen LogP contribution in [0.2, 0.25) is 10.0 Å². The van der Waals surface area contributed by atoms with Gasteiger partial charge >= 0.3 is 0 Å². The first kappa shape index (κ1) is 17.3. The summed E-state index contributed by atoms with van der Waals surface area (Å²) in [6.07, 6.45) is 0.986. The third-order valence-corrected chi connectivity index (χ3v) is 2.92. The Labute approximate surface area is 130 Å². The maximum absolute atomic E-state index is 6.07. The average molecular weight is 321 g/mol. The van der Waals surface area contributed by atoms with Crippen LogP contribution in [0.1, 0.15) is 27.2 Å². The summed E-state index contributed by atoms with van der Waals surface area (Å²) < 4.78 is 11.0. The van der Waals surface area contributed by atoms with E-state index in [4.69, 9.17) is 32.7 Å². The van der Waals surface area contributed by atoms with Gasteiger partial charge in [0.15, 0.2) is 0 Å². The van der Waals surface area contributed by atoms with Gasteiger partial charge in [0.25, 0.3) is 0 Å². The van der Waals surface area contributed by atoms with E-state index in [0.29, 0.717) is 47.5 Å². The van der Waals surface area contributed by atoms with Crippen LogP contribution < -0.4 is 10.1 Å². The third kappa shape index (κ3) is 6.16. The summed E-state index contributed by atoms with van der Waals surface area (Å²) >= 11 is 12.1. The summed E-state index contributed by atoms with van der Waals surface area (Å²) in [5.74, 6) is 1.48. The molecule has 1 N–H and O–H groups in total. The second kappa shape index (κ2) is 9.27.